The minimum atomic E-state index is -4.75. The molecule has 3 rings (SSSR count). The summed E-state index contributed by atoms with van der Waals surface area (Å²) in [7, 11) is 0. The van der Waals surface area contributed by atoms with E-state index in [1.165, 1.54) is 35.0 Å². The third-order valence-electron chi connectivity index (χ3n) is 3.52. The fourth-order valence-electron chi connectivity index (χ4n) is 2.40. The number of hydrogen-bond acceptors (Lipinski definition) is 4. The van der Waals surface area contributed by atoms with Crippen LogP contribution < -0.4 is 10.1 Å². The molecule has 3 aromatic rings. The Kier molecular flexibility index (Phi) is 4.49. The number of ether oxygens (including phenoxy) is 1. The maximum Gasteiger partial charge on any atom is 0.573 e. The molecule has 0 aliphatic rings. The summed E-state index contributed by atoms with van der Waals surface area (Å²) in [6.07, 6.45) is -1.73. The molecule has 0 bridgehead atoms. The van der Waals surface area contributed by atoms with Crippen molar-refractivity contribution in [2.45, 2.75) is 6.36 Å². The Balaban J connectivity index is 1.91. The van der Waals surface area contributed by atoms with E-state index in [0.717, 1.165) is 0 Å². The van der Waals surface area contributed by atoms with E-state index < -0.39 is 12.3 Å². The highest BCUT2D eigenvalue weighted by Gasteiger charge is 2.30. The lowest BCUT2D eigenvalue weighted by molar-refractivity contribution is -0.274. The van der Waals surface area contributed by atoms with Gasteiger partial charge in [0.25, 0.3) is 5.91 Å². The number of nitrogens with zero attached hydrogens (tertiary/aromatic N) is 3. The second kappa shape index (κ2) is 6.76. The van der Waals surface area contributed by atoms with Crippen LogP contribution >= 0.6 is 0 Å². The molecule has 0 aliphatic carbocycles. The van der Waals surface area contributed by atoms with Gasteiger partial charge in [-0.15, -0.1) is 13.2 Å². The molecule has 0 saturated heterocycles. The monoisotopic (exact) mass is 360 g/mol. The highest BCUT2D eigenvalue weighted by molar-refractivity contribution is 6.01. The number of fused-ring (bicyclic) bond motifs is 1. The third-order valence-corrected chi connectivity index (χ3v) is 3.52. The van der Waals surface area contributed by atoms with Crippen LogP contribution in [0.4, 0.5) is 13.2 Å². The van der Waals surface area contributed by atoms with Gasteiger partial charge >= 0.3 is 6.36 Å². The fourth-order valence-corrected chi connectivity index (χ4v) is 2.40. The van der Waals surface area contributed by atoms with Gasteiger partial charge < -0.3 is 10.1 Å². The maximum atomic E-state index is 12.2. The number of rotatable bonds is 4. The van der Waals surface area contributed by atoms with Gasteiger partial charge in [0.05, 0.1) is 23.3 Å². The fraction of sp³-hybridized carbons (Fsp3) is 0.118. The minimum Gasteiger partial charge on any atom is -0.406 e. The first-order valence-corrected chi connectivity index (χ1v) is 7.36. The number of hydrogen-bond donors (Lipinski definition) is 1. The topological polar surface area (TPSA) is 79.4 Å². The number of alkyl halides is 3. The highest BCUT2D eigenvalue weighted by atomic mass is 19.4. The van der Waals surface area contributed by atoms with Crippen molar-refractivity contribution < 1.29 is 22.7 Å². The Hall–Kier alpha value is -3.54. The lowest BCUT2D eigenvalue weighted by atomic mass is 10.1. The summed E-state index contributed by atoms with van der Waals surface area (Å²) in [5.41, 5.74) is 2.13. The first-order valence-electron chi connectivity index (χ1n) is 7.36. The molecule has 0 radical (unpaired) electrons. The van der Waals surface area contributed by atoms with Crippen LogP contribution in [0, 0.1) is 11.3 Å². The normalized spacial score (nSPS) is 11.2. The van der Waals surface area contributed by atoms with E-state index in [9.17, 15) is 18.0 Å². The predicted molar refractivity (Wildman–Crippen MR) is 85.3 cm³/mol. The van der Waals surface area contributed by atoms with Crippen LogP contribution in [0.1, 0.15) is 10.4 Å². The van der Waals surface area contributed by atoms with Crippen LogP contribution in [0.15, 0.2) is 48.8 Å². The number of pyridine rings is 1. The molecule has 26 heavy (non-hydrogen) atoms. The van der Waals surface area contributed by atoms with Crippen molar-refractivity contribution in [2.24, 2.45) is 0 Å². The molecule has 6 nitrogen and oxygen atoms in total. The predicted octanol–water partition coefficient (Wildman–Crippen LogP) is 3.15. The summed E-state index contributed by atoms with van der Waals surface area (Å²) < 4.78 is 42.0. The van der Waals surface area contributed by atoms with E-state index in [0.29, 0.717) is 22.2 Å². The van der Waals surface area contributed by atoms with E-state index in [-0.39, 0.29) is 12.3 Å². The molecule has 132 valence electrons. The average molecular weight is 360 g/mol. The van der Waals surface area contributed by atoms with Crippen molar-refractivity contribution in [2.75, 3.05) is 6.54 Å². The molecule has 2 aromatic heterocycles. The van der Waals surface area contributed by atoms with Crippen LogP contribution in [0.25, 0.3) is 16.6 Å². The van der Waals surface area contributed by atoms with Gasteiger partial charge in [-0.05, 0) is 35.4 Å². The first kappa shape index (κ1) is 17.3. The number of aromatic nitrogens is 2. The molecule has 0 atom stereocenters. The van der Waals surface area contributed by atoms with Gasteiger partial charge in [-0.25, -0.2) is 4.52 Å². The largest absolute Gasteiger partial charge is 0.573 e. The zero-order valence-corrected chi connectivity index (χ0v) is 13.1. The number of nitriles is 1. The molecule has 9 heteroatoms. The van der Waals surface area contributed by atoms with Crippen LogP contribution in [-0.2, 0) is 0 Å². The molecule has 0 saturated carbocycles. The van der Waals surface area contributed by atoms with Gasteiger partial charge in [-0.3, -0.25) is 4.79 Å². The van der Waals surface area contributed by atoms with Gasteiger partial charge in [0.15, 0.2) is 0 Å². The summed E-state index contributed by atoms with van der Waals surface area (Å²) in [5.74, 6) is -0.754. The Bertz CT molecular complexity index is 988. The number of benzene rings is 1. The van der Waals surface area contributed by atoms with Gasteiger partial charge in [0.1, 0.15) is 12.3 Å². The molecular weight excluding hydrogens is 349 g/mol. The van der Waals surface area contributed by atoms with Crippen molar-refractivity contribution in [3.8, 4) is 22.9 Å². The van der Waals surface area contributed by atoms with Crippen molar-refractivity contribution in [3.05, 3.63) is 54.4 Å². The number of carbonyl (C=O) groups is 1. The van der Waals surface area contributed by atoms with Crippen LogP contribution in [0.3, 0.4) is 0 Å². The summed E-state index contributed by atoms with van der Waals surface area (Å²) >= 11 is 0. The molecule has 1 amide bonds. The lowest BCUT2D eigenvalue weighted by Crippen LogP contribution is -2.23. The van der Waals surface area contributed by atoms with Gasteiger partial charge in [-0.1, -0.05) is 12.1 Å². The van der Waals surface area contributed by atoms with E-state index in [1.54, 1.807) is 18.3 Å². The summed E-state index contributed by atoms with van der Waals surface area (Å²) in [6, 6.07) is 10.6. The molecule has 1 N–H and O–H groups in total. The van der Waals surface area contributed by atoms with E-state index in [2.05, 4.69) is 15.2 Å². The minimum absolute atomic E-state index is 0.128. The zero-order valence-electron chi connectivity index (χ0n) is 13.1. The molecule has 0 unspecified atom stereocenters. The number of halogens is 3. The molecule has 0 spiro atoms. The second-order valence-corrected chi connectivity index (χ2v) is 5.22. The number of carbonyl (C=O) groups excluding carboxylic acids is 1. The van der Waals surface area contributed by atoms with Crippen molar-refractivity contribution >= 4 is 11.4 Å². The number of amides is 1. The highest BCUT2D eigenvalue weighted by Crippen LogP contribution is 2.27. The van der Waals surface area contributed by atoms with E-state index >= 15 is 0 Å². The Morgan fingerprint density at radius 2 is 1.96 bits per heavy atom. The lowest BCUT2D eigenvalue weighted by Gasteiger charge is -2.09. The Morgan fingerprint density at radius 3 is 2.62 bits per heavy atom. The molecule has 1 aromatic carbocycles. The summed E-state index contributed by atoms with van der Waals surface area (Å²) in [4.78, 5) is 12.1. The van der Waals surface area contributed by atoms with Gasteiger partial charge in [-0.2, -0.15) is 10.4 Å². The van der Waals surface area contributed by atoms with Crippen molar-refractivity contribution in [1.29, 1.82) is 5.26 Å². The summed E-state index contributed by atoms with van der Waals surface area (Å²) in [5, 5.41) is 15.0. The third kappa shape index (κ3) is 3.75. The van der Waals surface area contributed by atoms with Crippen molar-refractivity contribution in [3.63, 3.8) is 0 Å². The second-order valence-electron chi connectivity index (χ2n) is 5.22. The van der Waals surface area contributed by atoms with Crippen LogP contribution in [0.5, 0.6) is 5.75 Å². The maximum absolute atomic E-state index is 12.2. The standard InChI is InChI=1S/C17H11F3N4O2/c18-17(19,20)26-13-3-1-11(2-4-13)12-5-8-24-15(9-12)14(10-23-24)16(25)22-7-6-21/h1-5,8-10H,7H2,(H,22,25). The number of nitrogens with one attached hydrogen (secondary N) is 1. The van der Waals surface area contributed by atoms with Gasteiger partial charge in [0, 0.05) is 6.20 Å². The smallest absolute Gasteiger partial charge is 0.406 e. The van der Waals surface area contributed by atoms with Crippen molar-refractivity contribution in [1.82, 2.24) is 14.9 Å². The summed E-state index contributed by atoms with van der Waals surface area (Å²) in [6.45, 7) is -0.128. The Labute approximate surface area is 145 Å². The Morgan fingerprint density at radius 1 is 1.23 bits per heavy atom. The van der Waals surface area contributed by atoms with E-state index in [1.807, 2.05) is 6.07 Å². The molecular formula is C17H11F3N4O2. The quantitative estimate of drug-likeness (QED) is 0.725. The average Bonchev–Trinajstić information content (AvgIpc) is 3.02. The van der Waals surface area contributed by atoms with Crippen LogP contribution in [-0.4, -0.2) is 28.4 Å². The van der Waals surface area contributed by atoms with E-state index in [4.69, 9.17) is 5.26 Å². The molecule has 0 fully saturated rings. The zero-order chi connectivity index (χ0) is 18.7. The SMILES string of the molecule is N#CCNC(=O)c1cnn2ccc(-c3ccc(OC(F)(F)F)cc3)cc12. The first-order chi connectivity index (χ1) is 12.4. The van der Waals surface area contributed by atoms with Crippen LogP contribution in [0.2, 0.25) is 0 Å². The molecule has 2 heterocycles. The molecule has 0 aliphatic heterocycles. The van der Waals surface area contributed by atoms with Gasteiger partial charge in [0.2, 0.25) is 0 Å².